The Labute approximate surface area is 90.7 Å². The molecule has 1 heterocycles. The van der Waals surface area contributed by atoms with Gasteiger partial charge in [-0.05, 0) is 6.07 Å². The number of pyridine rings is 1. The number of halogens is 2. The molecule has 0 saturated heterocycles. The minimum absolute atomic E-state index is 0.127. The normalized spacial score (nSPS) is 9.62. The first-order valence-electron chi connectivity index (χ1n) is 4.27. The Bertz CT molecular complexity index is 474. The van der Waals surface area contributed by atoms with Crippen LogP contribution in [0.25, 0.3) is 0 Å². The highest BCUT2D eigenvalue weighted by molar-refractivity contribution is 5.46. The molecule has 0 unspecified atom stereocenters. The Morgan fingerprint density at radius 3 is 2.62 bits per heavy atom. The van der Waals surface area contributed by atoms with Gasteiger partial charge in [0.15, 0.2) is 11.4 Å². The van der Waals surface area contributed by atoms with Gasteiger partial charge in [0.1, 0.15) is 6.07 Å². The molecule has 82 valence electrons. The summed E-state index contributed by atoms with van der Waals surface area (Å²) in [6.45, 7) is 0. The molecule has 1 aromatic heterocycles. The maximum atomic E-state index is 12.7. The van der Waals surface area contributed by atoms with Gasteiger partial charge in [0.25, 0.3) is 6.43 Å². The van der Waals surface area contributed by atoms with Gasteiger partial charge in [-0.2, -0.15) is 10.5 Å². The third-order valence-electron chi connectivity index (χ3n) is 1.86. The van der Waals surface area contributed by atoms with Crippen molar-refractivity contribution in [2.24, 2.45) is 0 Å². The summed E-state index contributed by atoms with van der Waals surface area (Å²) in [7, 11) is 1.19. The van der Waals surface area contributed by atoms with Gasteiger partial charge in [0, 0.05) is 0 Å². The Hall–Kier alpha value is -2.21. The lowest BCUT2D eigenvalue weighted by Gasteiger charge is -2.09. The van der Waals surface area contributed by atoms with E-state index in [0.29, 0.717) is 0 Å². The van der Waals surface area contributed by atoms with Gasteiger partial charge >= 0.3 is 0 Å². The predicted molar refractivity (Wildman–Crippen MR) is 49.8 cm³/mol. The molecule has 0 spiro atoms. The lowest BCUT2D eigenvalue weighted by atomic mass is 10.1. The molecule has 0 aromatic carbocycles. The number of rotatable bonds is 3. The Morgan fingerprint density at radius 1 is 1.50 bits per heavy atom. The summed E-state index contributed by atoms with van der Waals surface area (Å²) in [5.41, 5.74) is -0.514. The van der Waals surface area contributed by atoms with Gasteiger partial charge in [-0.1, -0.05) is 0 Å². The van der Waals surface area contributed by atoms with Crippen molar-refractivity contribution in [3.05, 3.63) is 23.0 Å². The summed E-state index contributed by atoms with van der Waals surface area (Å²) in [5, 5.41) is 17.2. The second kappa shape index (κ2) is 5.04. The zero-order valence-corrected chi connectivity index (χ0v) is 8.37. The van der Waals surface area contributed by atoms with E-state index in [1.807, 2.05) is 0 Å². The van der Waals surface area contributed by atoms with E-state index in [1.54, 1.807) is 12.1 Å². The molecule has 0 N–H and O–H groups in total. The molecule has 0 amide bonds. The highest BCUT2D eigenvalue weighted by Gasteiger charge is 2.20. The molecule has 4 nitrogen and oxygen atoms in total. The van der Waals surface area contributed by atoms with Crippen molar-refractivity contribution in [2.45, 2.75) is 12.8 Å². The number of nitrogens with zero attached hydrogens (tertiary/aromatic N) is 3. The minimum Gasteiger partial charge on any atom is -0.493 e. The fraction of sp³-hybridized carbons (Fsp3) is 0.300. The molecule has 0 saturated carbocycles. The summed E-state index contributed by atoms with van der Waals surface area (Å²) < 4.78 is 30.0. The topological polar surface area (TPSA) is 69.7 Å². The molecule has 1 rings (SSSR count). The van der Waals surface area contributed by atoms with Gasteiger partial charge in [-0.3, -0.25) is 0 Å². The molecule has 0 radical (unpaired) electrons. The smallest absolute Gasteiger partial charge is 0.267 e. The summed E-state index contributed by atoms with van der Waals surface area (Å²) in [4.78, 5) is 3.75. The van der Waals surface area contributed by atoms with Crippen molar-refractivity contribution < 1.29 is 13.5 Å². The molecular weight excluding hydrogens is 216 g/mol. The second-order valence-electron chi connectivity index (χ2n) is 2.83. The van der Waals surface area contributed by atoms with Gasteiger partial charge in [0.05, 0.1) is 30.9 Å². The summed E-state index contributed by atoms with van der Waals surface area (Å²) in [5.74, 6) is -0.237. The third-order valence-corrected chi connectivity index (χ3v) is 1.86. The van der Waals surface area contributed by atoms with Crippen LogP contribution >= 0.6 is 0 Å². The van der Waals surface area contributed by atoms with Crippen LogP contribution in [0, 0.1) is 22.7 Å². The van der Waals surface area contributed by atoms with Crippen LogP contribution in [0.1, 0.15) is 23.4 Å². The lowest BCUT2D eigenvalue weighted by molar-refractivity contribution is 0.146. The number of alkyl halides is 2. The quantitative estimate of drug-likeness (QED) is 0.785. The predicted octanol–water partition coefficient (Wildman–Crippen LogP) is 1.97. The van der Waals surface area contributed by atoms with Gasteiger partial charge < -0.3 is 4.74 Å². The molecule has 0 fully saturated rings. The van der Waals surface area contributed by atoms with E-state index in [0.717, 1.165) is 6.07 Å². The van der Waals surface area contributed by atoms with Crippen molar-refractivity contribution in [1.82, 2.24) is 4.98 Å². The fourth-order valence-electron chi connectivity index (χ4n) is 1.23. The first kappa shape index (κ1) is 11.9. The molecule has 0 atom stereocenters. The lowest BCUT2D eigenvalue weighted by Crippen LogP contribution is -2.02. The van der Waals surface area contributed by atoms with E-state index in [-0.39, 0.29) is 23.6 Å². The van der Waals surface area contributed by atoms with E-state index in [1.165, 1.54) is 7.11 Å². The fourth-order valence-corrected chi connectivity index (χ4v) is 1.23. The van der Waals surface area contributed by atoms with Crippen LogP contribution in [-0.4, -0.2) is 12.1 Å². The van der Waals surface area contributed by atoms with Crippen molar-refractivity contribution >= 4 is 0 Å². The van der Waals surface area contributed by atoms with E-state index < -0.39 is 12.0 Å². The zero-order chi connectivity index (χ0) is 12.1. The Morgan fingerprint density at radius 2 is 2.19 bits per heavy atom. The van der Waals surface area contributed by atoms with E-state index in [9.17, 15) is 8.78 Å². The molecule has 1 aromatic rings. The highest BCUT2D eigenvalue weighted by atomic mass is 19.3. The maximum Gasteiger partial charge on any atom is 0.267 e. The molecule has 16 heavy (non-hydrogen) atoms. The average Bonchev–Trinajstić information content (AvgIpc) is 2.28. The number of aromatic nitrogens is 1. The monoisotopic (exact) mass is 223 g/mol. The Balaban J connectivity index is 3.40. The molecule has 0 aliphatic rings. The largest absolute Gasteiger partial charge is 0.493 e. The van der Waals surface area contributed by atoms with Crippen LogP contribution in [0.2, 0.25) is 0 Å². The third kappa shape index (κ3) is 2.23. The molecule has 0 aliphatic heterocycles. The highest BCUT2D eigenvalue weighted by Crippen LogP contribution is 2.31. The Kier molecular flexibility index (Phi) is 3.73. The van der Waals surface area contributed by atoms with E-state index >= 15 is 0 Å². The van der Waals surface area contributed by atoms with Crippen LogP contribution in [0.5, 0.6) is 5.75 Å². The van der Waals surface area contributed by atoms with Crippen molar-refractivity contribution in [3.63, 3.8) is 0 Å². The molecule has 6 heteroatoms. The molecular formula is C10H7F2N3O. The van der Waals surface area contributed by atoms with Crippen molar-refractivity contribution in [2.75, 3.05) is 7.11 Å². The number of ether oxygens (including phenoxy) is 1. The SMILES string of the molecule is COc1c(C(F)F)cc(CC#N)nc1C#N. The van der Waals surface area contributed by atoms with Crippen LogP contribution in [-0.2, 0) is 6.42 Å². The van der Waals surface area contributed by atoms with Gasteiger partial charge in [-0.25, -0.2) is 13.8 Å². The standard InChI is InChI=1S/C10H7F2N3O/c1-16-9-7(10(11)12)4-6(2-3-13)15-8(9)5-14/h4,10H,2H2,1H3. The summed E-state index contributed by atoms with van der Waals surface area (Å²) in [6.07, 6.45) is -2.90. The molecule has 0 aliphatic carbocycles. The van der Waals surface area contributed by atoms with E-state index in [2.05, 4.69) is 4.98 Å². The van der Waals surface area contributed by atoms with Gasteiger partial charge in [0.2, 0.25) is 0 Å². The number of hydrogen-bond acceptors (Lipinski definition) is 4. The van der Waals surface area contributed by atoms with Crippen molar-refractivity contribution in [1.29, 1.82) is 10.5 Å². The first-order valence-corrected chi connectivity index (χ1v) is 4.27. The number of nitriles is 2. The zero-order valence-electron chi connectivity index (χ0n) is 8.37. The van der Waals surface area contributed by atoms with Crippen LogP contribution in [0.4, 0.5) is 8.78 Å². The van der Waals surface area contributed by atoms with E-state index in [4.69, 9.17) is 15.3 Å². The second-order valence-corrected chi connectivity index (χ2v) is 2.83. The summed E-state index contributed by atoms with van der Waals surface area (Å²) in [6, 6.07) is 4.52. The maximum absolute atomic E-state index is 12.7. The molecule has 0 bridgehead atoms. The van der Waals surface area contributed by atoms with Crippen molar-refractivity contribution in [3.8, 4) is 17.9 Å². The first-order chi connectivity index (χ1) is 7.63. The summed E-state index contributed by atoms with van der Waals surface area (Å²) >= 11 is 0. The van der Waals surface area contributed by atoms with Crippen LogP contribution < -0.4 is 4.74 Å². The van der Waals surface area contributed by atoms with Gasteiger partial charge in [-0.15, -0.1) is 0 Å². The number of hydrogen-bond donors (Lipinski definition) is 0. The average molecular weight is 223 g/mol. The van der Waals surface area contributed by atoms with Crippen LogP contribution in [0.3, 0.4) is 0 Å². The number of methoxy groups -OCH3 is 1. The minimum atomic E-state index is -2.78. The van der Waals surface area contributed by atoms with Crippen LogP contribution in [0.15, 0.2) is 6.07 Å².